The number of hydrogen-bond acceptors (Lipinski definition) is 7. The summed E-state index contributed by atoms with van der Waals surface area (Å²) in [7, 11) is -8.44. The van der Waals surface area contributed by atoms with Crippen molar-refractivity contribution in [1.29, 1.82) is 4.78 Å². The number of thiophene rings is 1. The SMILES string of the molecule is N=S1(=O)CCN(C(=O)[C@@H]2CC[C@@H]3CCCC[C@H](NC(=O)c4cc5cc(C(F)(F)P(=O)(O)O)ccc5s4)C(=O)N32)CC1. The molecule has 2 aromatic rings. The van der Waals surface area contributed by atoms with Gasteiger partial charge in [0, 0.05) is 50.6 Å². The maximum atomic E-state index is 14.2. The maximum Gasteiger partial charge on any atom is 0.399 e. The minimum Gasteiger partial charge on any atom is -0.340 e. The lowest BCUT2D eigenvalue weighted by Gasteiger charge is -2.38. The highest BCUT2D eigenvalue weighted by atomic mass is 32.2. The Morgan fingerprint density at radius 1 is 1.10 bits per heavy atom. The molecule has 0 spiro atoms. The molecule has 3 atom stereocenters. The van der Waals surface area contributed by atoms with Crippen LogP contribution in [0, 0.1) is 4.78 Å². The van der Waals surface area contributed by atoms with Crippen LogP contribution >= 0.6 is 18.9 Å². The third kappa shape index (κ3) is 5.92. The molecule has 0 bridgehead atoms. The molecule has 4 N–H and O–H groups in total. The highest BCUT2D eigenvalue weighted by Gasteiger charge is 2.50. The Kier molecular flexibility index (Phi) is 8.05. The van der Waals surface area contributed by atoms with Crippen LogP contribution in [-0.2, 0) is 29.5 Å². The van der Waals surface area contributed by atoms with Crippen molar-refractivity contribution in [3.8, 4) is 0 Å². The van der Waals surface area contributed by atoms with E-state index in [9.17, 15) is 31.9 Å². The molecule has 3 amide bonds. The monoisotopic (exact) mass is 632 g/mol. The summed E-state index contributed by atoms with van der Waals surface area (Å²) in [5, 5.41) is 2.97. The number of nitrogens with one attached hydrogen (secondary N) is 2. The van der Waals surface area contributed by atoms with E-state index < -0.39 is 46.5 Å². The number of benzene rings is 1. The van der Waals surface area contributed by atoms with E-state index in [0.29, 0.717) is 30.4 Å². The Hall–Kier alpha value is -2.45. The van der Waals surface area contributed by atoms with Crippen LogP contribution in [0.4, 0.5) is 8.78 Å². The first-order chi connectivity index (χ1) is 19.2. The van der Waals surface area contributed by atoms with Crippen molar-refractivity contribution < 1.29 is 41.7 Å². The van der Waals surface area contributed by atoms with Gasteiger partial charge in [0.25, 0.3) is 5.91 Å². The van der Waals surface area contributed by atoms with Gasteiger partial charge in [0.05, 0.1) is 4.88 Å². The average molecular weight is 633 g/mol. The zero-order valence-corrected chi connectivity index (χ0v) is 24.5. The van der Waals surface area contributed by atoms with Crippen LogP contribution < -0.4 is 5.32 Å². The number of fused-ring (bicyclic) bond motifs is 2. The molecular formula is C25H31F2N4O7PS2. The van der Waals surface area contributed by atoms with Gasteiger partial charge in [-0.25, -0.2) is 4.21 Å². The Labute approximate surface area is 239 Å². The van der Waals surface area contributed by atoms with Crippen molar-refractivity contribution >= 4 is 56.5 Å². The summed E-state index contributed by atoms with van der Waals surface area (Å²) < 4.78 is 59.9. The second-order valence-electron chi connectivity index (χ2n) is 10.8. The van der Waals surface area contributed by atoms with Crippen molar-refractivity contribution in [2.24, 2.45) is 0 Å². The summed E-state index contributed by atoms with van der Waals surface area (Å²) in [6.45, 7) is 0.413. The van der Waals surface area contributed by atoms with Gasteiger partial charge in [-0.3, -0.25) is 23.7 Å². The van der Waals surface area contributed by atoms with Crippen LogP contribution in [0.2, 0.25) is 0 Å². The lowest BCUT2D eigenvalue weighted by Crippen LogP contribution is -2.58. The van der Waals surface area contributed by atoms with Gasteiger partial charge in [-0.05, 0) is 49.3 Å². The predicted molar refractivity (Wildman–Crippen MR) is 148 cm³/mol. The third-order valence-electron chi connectivity index (χ3n) is 8.07. The molecule has 0 unspecified atom stereocenters. The van der Waals surface area contributed by atoms with Crippen molar-refractivity contribution in [3.63, 3.8) is 0 Å². The first-order valence-corrected chi connectivity index (χ1v) is 17.6. The average Bonchev–Trinajstić information content (AvgIpc) is 3.52. The molecule has 3 saturated heterocycles. The van der Waals surface area contributed by atoms with E-state index in [1.165, 1.54) is 12.1 Å². The fourth-order valence-electron chi connectivity index (χ4n) is 5.81. The van der Waals surface area contributed by atoms with Crippen LogP contribution in [0.25, 0.3) is 10.1 Å². The Morgan fingerprint density at radius 2 is 1.78 bits per heavy atom. The molecule has 4 heterocycles. The van der Waals surface area contributed by atoms with E-state index in [1.54, 1.807) is 9.80 Å². The van der Waals surface area contributed by atoms with Crippen molar-refractivity contribution in [2.75, 3.05) is 24.6 Å². The molecule has 0 saturated carbocycles. The second-order valence-corrected chi connectivity index (χ2v) is 16.0. The summed E-state index contributed by atoms with van der Waals surface area (Å²) in [6, 6.07) is 2.73. The summed E-state index contributed by atoms with van der Waals surface area (Å²) in [5.41, 5.74) is -5.25. The largest absolute Gasteiger partial charge is 0.399 e. The molecule has 0 radical (unpaired) electrons. The molecule has 224 valence electrons. The summed E-state index contributed by atoms with van der Waals surface area (Å²) in [4.78, 5) is 61.8. The number of carbonyl (C=O) groups excluding carboxylic acids is 3. The van der Waals surface area contributed by atoms with Gasteiger partial charge in [0.2, 0.25) is 11.8 Å². The van der Waals surface area contributed by atoms with Gasteiger partial charge in [-0.2, -0.15) is 8.78 Å². The zero-order valence-electron chi connectivity index (χ0n) is 22.0. The number of rotatable bonds is 5. The number of carbonyl (C=O) groups is 3. The van der Waals surface area contributed by atoms with Crippen LogP contribution in [0.1, 0.15) is 53.8 Å². The van der Waals surface area contributed by atoms with Crippen molar-refractivity contribution in [1.82, 2.24) is 15.1 Å². The molecule has 0 aliphatic carbocycles. The standard InChI is InChI=1S/C25H31F2N4O7PS2/c26-25(27,39(35,36)37)16-5-8-20-15(13-16)14-21(40-20)22(32)29-18-4-2-1-3-17-6-7-19(31(17)23(18)33)24(34)30-9-11-41(28,38)12-10-30/h5,8,13-14,17-19,28H,1-4,6-7,9-12H2,(H,29,32)(H2,35,36,37)/t17-,18-,19-/m0/s1. The Balaban J connectivity index is 1.33. The maximum absolute atomic E-state index is 14.2. The van der Waals surface area contributed by atoms with Gasteiger partial charge >= 0.3 is 13.3 Å². The molecule has 3 aliphatic heterocycles. The summed E-state index contributed by atoms with van der Waals surface area (Å²) in [5.74, 6) is -0.962. The molecule has 11 nitrogen and oxygen atoms in total. The smallest absolute Gasteiger partial charge is 0.340 e. The first-order valence-electron chi connectivity index (χ1n) is 13.3. The topological polar surface area (TPSA) is 168 Å². The lowest BCUT2D eigenvalue weighted by atomic mass is 9.99. The van der Waals surface area contributed by atoms with E-state index in [1.807, 2.05) is 0 Å². The molecule has 16 heteroatoms. The van der Waals surface area contributed by atoms with Gasteiger partial charge in [-0.1, -0.05) is 18.9 Å². The number of amides is 3. The van der Waals surface area contributed by atoms with Crippen molar-refractivity contribution in [2.45, 2.75) is 62.3 Å². The van der Waals surface area contributed by atoms with E-state index in [0.717, 1.165) is 36.3 Å². The van der Waals surface area contributed by atoms with E-state index >= 15 is 0 Å². The number of nitrogens with zero attached hydrogens (tertiary/aromatic N) is 2. The predicted octanol–water partition coefficient (Wildman–Crippen LogP) is 3.05. The lowest BCUT2D eigenvalue weighted by molar-refractivity contribution is -0.147. The zero-order chi connectivity index (χ0) is 29.7. The quantitative estimate of drug-likeness (QED) is 0.368. The first kappa shape index (κ1) is 30.0. The van der Waals surface area contributed by atoms with Crippen molar-refractivity contribution in [3.05, 3.63) is 34.7 Å². The third-order valence-corrected chi connectivity index (χ3v) is 11.9. The second kappa shape index (κ2) is 11.0. The Morgan fingerprint density at radius 3 is 2.46 bits per heavy atom. The van der Waals surface area contributed by atoms with Crippen LogP contribution in [0.5, 0.6) is 0 Å². The van der Waals surface area contributed by atoms with Gasteiger partial charge in [-0.15, -0.1) is 11.3 Å². The minimum atomic E-state index is -5.76. The molecule has 5 rings (SSSR count). The Bertz CT molecular complexity index is 1530. The highest BCUT2D eigenvalue weighted by Crippen LogP contribution is 2.59. The van der Waals surface area contributed by atoms with E-state index in [2.05, 4.69) is 5.32 Å². The minimum absolute atomic E-state index is 0.106. The number of alkyl halides is 2. The van der Waals surface area contributed by atoms with E-state index in [-0.39, 0.29) is 52.7 Å². The van der Waals surface area contributed by atoms with E-state index in [4.69, 9.17) is 14.6 Å². The molecular weight excluding hydrogens is 601 g/mol. The fraction of sp³-hybridized carbons (Fsp3) is 0.560. The molecule has 3 aliphatic rings. The highest BCUT2D eigenvalue weighted by molar-refractivity contribution is 7.92. The van der Waals surface area contributed by atoms with Crippen LogP contribution in [0.15, 0.2) is 24.3 Å². The number of hydrogen-bond donors (Lipinski definition) is 4. The normalized spacial score (nSPS) is 25.5. The van der Waals surface area contributed by atoms with Gasteiger partial charge in [0.15, 0.2) is 0 Å². The number of halogens is 2. The molecule has 41 heavy (non-hydrogen) atoms. The summed E-state index contributed by atoms with van der Waals surface area (Å²) in [6.07, 6.45) is 3.75. The van der Waals surface area contributed by atoms with Crippen LogP contribution in [0.3, 0.4) is 0 Å². The molecule has 3 fully saturated rings. The van der Waals surface area contributed by atoms with Crippen LogP contribution in [-0.4, -0.2) is 84.2 Å². The molecule has 1 aromatic heterocycles. The fourth-order valence-corrected chi connectivity index (χ4v) is 8.46. The van der Waals surface area contributed by atoms with Gasteiger partial charge in [0.1, 0.15) is 12.1 Å². The summed E-state index contributed by atoms with van der Waals surface area (Å²) >= 11 is 0.999. The molecule has 1 aromatic carbocycles. The van der Waals surface area contributed by atoms with Gasteiger partial charge < -0.3 is 24.9 Å².